The molecule has 1 amide bonds. The van der Waals surface area contributed by atoms with Crippen molar-refractivity contribution in [2.75, 3.05) is 5.32 Å². The molecule has 2 rings (SSSR count). The fourth-order valence-electron chi connectivity index (χ4n) is 2.16. The van der Waals surface area contributed by atoms with Gasteiger partial charge >= 0.3 is 5.97 Å². The van der Waals surface area contributed by atoms with E-state index in [0.717, 1.165) is 23.5 Å². The van der Waals surface area contributed by atoms with Gasteiger partial charge in [0.1, 0.15) is 0 Å². The second-order valence-corrected chi connectivity index (χ2v) is 6.16. The zero-order chi connectivity index (χ0) is 16.1. The zero-order valence-electron chi connectivity index (χ0n) is 12.5. The number of hydrogen-bond acceptors (Lipinski definition) is 4. The summed E-state index contributed by atoms with van der Waals surface area (Å²) in [6.45, 7) is 3.67. The first-order valence-corrected chi connectivity index (χ1v) is 7.88. The Morgan fingerprint density at radius 2 is 2.09 bits per heavy atom. The van der Waals surface area contributed by atoms with Crippen molar-refractivity contribution in [2.45, 2.75) is 33.1 Å². The van der Waals surface area contributed by atoms with Crippen LogP contribution in [0.15, 0.2) is 23.6 Å². The van der Waals surface area contributed by atoms with Crippen LogP contribution in [0.5, 0.6) is 0 Å². The molecule has 0 atom stereocenters. The van der Waals surface area contributed by atoms with E-state index in [0.29, 0.717) is 17.7 Å². The smallest absolute Gasteiger partial charge is 0.335 e. The maximum Gasteiger partial charge on any atom is 0.335 e. The van der Waals surface area contributed by atoms with Gasteiger partial charge in [-0.25, -0.2) is 9.78 Å². The van der Waals surface area contributed by atoms with Crippen molar-refractivity contribution in [1.82, 2.24) is 4.98 Å². The molecule has 116 valence electrons. The SMILES string of the molecule is Cc1nc(CCCC(=O)Nc2ccc(C(=O)O)c(C)c2)cs1. The third kappa shape index (κ3) is 4.39. The second kappa shape index (κ2) is 7.17. The molecule has 2 aromatic rings. The molecule has 5 nitrogen and oxygen atoms in total. The van der Waals surface area contributed by atoms with Crippen LogP contribution < -0.4 is 5.32 Å². The summed E-state index contributed by atoms with van der Waals surface area (Å²) in [4.78, 5) is 27.2. The van der Waals surface area contributed by atoms with Gasteiger partial charge in [0.05, 0.1) is 16.3 Å². The second-order valence-electron chi connectivity index (χ2n) is 5.09. The first-order valence-electron chi connectivity index (χ1n) is 7.00. The summed E-state index contributed by atoms with van der Waals surface area (Å²) >= 11 is 1.61. The van der Waals surface area contributed by atoms with E-state index in [2.05, 4.69) is 10.3 Å². The molecule has 1 aromatic carbocycles. The van der Waals surface area contributed by atoms with E-state index >= 15 is 0 Å². The Kier molecular flexibility index (Phi) is 5.27. The standard InChI is InChI=1S/C16H18N2O3S/c1-10-8-12(6-7-14(10)16(20)21)18-15(19)5-3-4-13-9-22-11(2)17-13/h6-9H,3-5H2,1-2H3,(H,18,19)(H,20,21). The number of amides is 1. The summed E-state index contributed by atoms with van der Waals surface area (Å²) < 4.78 is 0. The minimum Gasteiger partial charge on any atom is -0.478 e. The maximum atomic E-state index is 11.9. The highest BCUT2D eigenvalue weighted by atomic mass is 32.1. The summed E-state index contributed by atoms with van der Waals surface area (Å²) in [5, 5.41) is 14.8. The molecule has 1 heterocycles. The van der Waals surface area contributed by atoms with Crippen molar-refractivity contribution < 1.29 is 14.7 Å². The van der Waals surface area contributed by atoms with Crippen molar-refractivity contribution in [2.24, 2.45) is 0 Å². The molecule has 2 N–H and O–H groups in total. The van der Waals surface area contributed by atoms with E-state index in [-0.39, 0.29) is 11.5 Å². The fourth-order valence-corrected chi connectivity index (χ4v) is 2.81. The number of aromatic nitrogens is 1. The molecule has 22 heavy (non-hydrogen) atoms. The van der Waals surface area contributed by atoms with Crippen molar-refractivity contribution in [3.8, 4) is 0 Å². The Morgan fingerprint density at radius 3 is 2.68 bits per heavy atom. The molecule has 0 unspecified atom stereocenters. The fraction of sp³-hybridized carbons (Fsp3) is 0.312. The van der Waals surface area contributed by atoms with E-state index in [9.17, 15) is 9.59 Å². The molecule has 1 aromatic heterocycles. The molecule has 0 spiro atoms. The van der Waals surface area contributed by atoms with Crippen molar-refractivity contribution in [3.05, 3.63) is 45.4 Å². The normalized spacial score (nSPS) is 10.5. The lowest BCUT2D eigenvalue weighted by molar-refractivity contribution is -0.116. The van der Waals surface area contributed by atoms with E-state index in [1.165, 1.54) is 6.07 Å². The monoisotopic (exact) mass is 318 g/mol. The number of carboxylic acids is 1. The number of anilines is 1. The lowest BCUT2D eigenvalue weighted by Crippen LogP contribution is -2.12. The third-order valence-electron chi connectivity index (χ3n) is 3.24. The predicted octanol–water partition coefficient (Wildman–Crippen LogP) is 3.42. The first-order chi connectivity index (χ1) is 10.5. The number of aryl methyl sites for hydroxylation is 3. The molecular formula is C16H18N2O3S. The van der Waals surface area contributed by atoms with Crippen LogP contribution in [0.1, 0.15) is 39.5 Å². The van der Waals surface area contributed by atoms with Crippen LogP contribution in [0.2, 0.25) is 0 Å². The molecule has 0 aliphatic carbocycles. The number of carboxylic acid groups (broad SMARTS) is 1. The quantitative estimate of drug-likeness (QED) is 0.855. The Bertz CT molecular complexity index is 694. The Hall–Kier alpha value is -2.21. The number of nitrogens with zero attached hydrogens (tertiary/aromatic N) is 1. The van der Waals surface area contributed by atoms with Gasteiger partial charge in [-0.1, -0.05) is 0 Å². The van der Waals surface area contributed by atoms with Crippen LogP contribution in [-0.4, -0.2) is 22.0 Å². The molecule has 6 heteroatoms. The van der Waals surface area contributed by atoms with E-state index in [4.69, 9.17) is 5.11 Å². The van der Waals surface area contributed by atoms with Gasteiger partial charge in [-0.15, -0.1) is 11.3 Å². The van der Waals surface area contributed by atoms with E-state index in [1.807, 2.05) is 12.3 Å². The number of thiazole rings is 1. The third-order valence-corrected chi connectivity index (χ3v) is 4.07. The number of hydrogen-bond donors (Lipinski definition) is 2. The van der Waals surface area contributed by atoms with Gasteiger partial charge in [-0.3, -0.25) is 4.79 Å². The largest absolute Gasteiger partial charge is 0.478 e. The van der Waals surface area contributed by atoms with E-state index < -0.39 is 5.97 Å². The molecule has 0 radical (unpaired) electrons. The zero-order valence-corrected chi connectivity index (χ0v) is 13.4. The summed E-state index contributed by atoms with van der Waals surface area (Å²) in [6.07, 6.45) is 1.94. The Labute approximate surface area is 133 Å². The average Bonchev–Trinajstić information content (AvgIpc) is 2.84. The van der Waals surface area contributed by atoms with Gasteiger partial charge in [0, 0.05) is 17.5 Å². The molecular weight excluding hydrogens is 300 g/mol. The molecule has 0 bridgehead atoms. The number of nitrogens with one attached hydrogen (secondary N) is 1. The number of carbonyl (C=O) groups is 2. The lowest BCUT2D eigenvalue weighted by atomic mass is 10.1. The Balaban J connectivity index is 1.84. The van der Waals surface area contributed by atoms with Crippen LogP contribution in [0.4, 0.5) is 5.69 Å². The molecule has 0 saturated heterocycles. The van der Waals surface area contributed by atoms with Gasteiger partial charge in [-0.2, -0.15) is 0 Å². The highest BCUT2D eigenvalue weighted by molar-refractivity contribution is 7.09. The van der Waals surface area contributed by atoms with Crippen LogP contribution in [0.25, 0.3) is 0 Å². The minimum absolute atomic E-state index is 0.0746. The number of benzene rings is 1. The summed E-state index contributed by atoms with van der Waals surface area (Å²) in [7, 11) is 0. The predicted molar refractivity (Wildman–Crippen MR) is 86.6 cm³/mol. The summed E-state index contributed by atoms with van der Waals surface area (Å²) in [5.74, 6) is -1.04. The highest BCUT2D eigenvalue weighted by Crippen LogP contribution is 2.16. The van der Waals surface area contributed by atoms with Crippen molar-refractivity contribution >= 4 is 28.9 Å². The number of aromatic carboxylic acids is 1. The topological polar surface area (TPSA) is 79.3 Å². The van der Waals surface area contributed by atoms with Gasteiger partial charge in [0.25, 0.3) is 0 Å². The lowest BCUT2D eigenvalue weighted by Gasteiger charge is -2.07. The van der Waals surface area contributed by atoms with Crippen molar-refractivity contribution in [3.63, 3.8) is 0 Å². The highest BCUT2D eigenvalue weighted by Gasteiger charge is 2.09. The van der Waals surface area contributed by atoms with Gasteiger partial charge < -0.3 is 10.4 Å². The molecule has 0 aliphatic rings. The molecule has 0 saturated carbocycles. The number of rotatable bonds is 6. The van der Waals surface area contributed by atoms with Crippen LogP contribution in [0.3, 0.4) is 0 Å². The molecule has 0 aliphatic heterocycles. The molecule has 0 fully saturated rings. The summed E-state index contributed by atoms with van der Waals surface area (Å²) in [6, 6.07) is 4.79. The number of carbonyl (C=O) groups excluding carboxylic acids is 1. The minimum atomic E-state index is -0.964. The van der Waals surface area contributed by atoms with Crippen LogP contribution in [0, 0.1) is 13.8 Å². The van der Waals surface area contributed by atoms with E-state index in [1.54, 1.807) is 30.4 Å². The van der Waals surface area contributed by atoms with Crippen molar-refractivity contribution in [1.29, 1.82) is 0 Å². The van der Waals surface area contributed by atoms with Crippen LogP contribution >= 0.6 is 11.3 Å². The summed E-state index contributed by atoms with van der Waals surface area (Å²) in [5.41, 5.74) is 2.52. The maximum absolute atomic E-state index is 11.9. The van der Waals surface area contributed by atoms with Crippen LogP contribution in [-0.2, 0) is 11.2 Å². The first kappa shape index (κ1) is 16.2. The van der Waals surface area contributed by atoms with Gasteiger partial charge in [0.15, 0.2) is 0 Å². The van der Waals surface area contributed by atoms with Gasteiger partial charge in [0.2, 0.25) is 5.91 Å². The van der Waals surface area contributed by atoms with Gasteiger partial charge in [-0.05, 0) is 50.5 Å². The Morgan fingerprint density at radius 1 is 1.32 bits per heavy atom. The average molecular weight is 318 g/mol.